The molecule has 0 spiro atoms. The number of esters is 1. The van der Waals surface area contributed by atoms with Crippen LogP contribution in [0.25, 0.3) is 0 Å². The number of carbonyl (C=O) groups is 1. The second-order valence-electron chi connectivity index (χ2n) is 4.82. The van der Waals surface area contributed by atoms with Gasteiger partial charge in [0.2, 0.25) is 0 Å². The third-order valence-electron chi connectivity index (χ3n) is 2.98. The smallest absolute Gasteiger partial charge is 0.308 e. The summed E-state index contributed by atoms with van der Waals surface area (Å²) in [6.07, 6.45) is 2.38. The molecule has 3 nitrogen and oxygen atoms in total. The topological polar surface area (TPSA) is 35.5 Å². The van der Waals surface area contributed by atoms with Crippen molar-refractivity contribution in [3.63, 3.8) is 0 Å². The second kappa shape index (κ2) is 8.56. The Morgan fingerprint density at radius 3 is 2.70 bits per heavy atom. The van der Waals surface area contributed by atoms with E-state index in [2.05, 4.69) is 6.92 Å². The van der Waals surface area contributed by atoms with Gasteiger partial charge < -0.3 is 9.47 Å². The van der Waals surface area contributed by atoms with Crippen molar-refractivity contribution in [2.75, 3.05) is 13.2 Å². The molecule has 0 saturated carbocycles. The molecule has 0 saturated heterocycles. The number of unbranched alkanes of at least 4 members (excludes halogenated alkanes) is 1. The predicted molar refractivity (Wildman–Crippen MR) is 76.3 cm³/mol. The molecule has 0 radical (unpaired) electrons. The van der Waals surface area contributed by atoms with Crippen LogP contribution in [0, 0.1) is 11.7 Å². The summed E-state index contributed by atoms with van der Waals surface area (Å²) in [6, 6.07) is 4.84. The van der Waals surface area contributed by atoms with Gasteiger partial charge >= 0.3 is 5.97 Å². The van der Waals surface area contributed by atoms with E-state index in [1.807, 2.05) is 0 Å². The first-order chi connectivity index (χ1) is 9.58. The van der Waals surface area contributed by atoms with Gasteiger partial charge in [0.15, 0.2) is 11.6 Å². The van der Waals surface area contributed by atoms with Crippen molar-refractivity contribution in [3.05, 3.63) is 29.6 Å². The first kappa shape index (κ1) is 16.5. The zero-order valence-corrected chi connectivity index (χ0v) is 12.4. The van der Waals surface area contributed by atoms with Crippen LogP contribution < -0.4 is 4.74 Å². The Bertz CT molecular complexity index is 432. The minimum absolute atomic E-state index is 0.254. The lowest BCUT2D eigenvalue weighted by atomic mass is 10.0. The summed E-state index contributed by atoms with van der Waals surface area (Å²) in [6.45, 7) is 6.49. The molecule has 1 aromatic carbocycles. The normalized spacial score (nSPS) is 12.0. The maximum atomic E-state index is 13.8. The fourth-order valence-electron chi connectivity index (χ4n) is 1.84. The van der Waals surface area contributed by atoms with Crippen molar-refractivity contribution < 1.29 is 18.7 Å². The van der Waals surface area contributed by atoms with Crippen molar-refractivity contribution in [1.82, 2.24) is 0 Å². The number of benzene rings is 1. The van der Waals surface area contributed by atoms with Crippen LogP contribution in [0.3, 0.4) is 0 Å². The van der Waals surface area contributed by atoms with Crippen molar-refractivity contribution in [2.24, 2.45) is 5.92 Å². The van der Waals surface area contributed by atoms with Crippen molar-refractivity contribution >= 4 is 5.97 Å². The molecule has 1 rings (SSSR count). The van der Waals surface area contributed by atoms with Gasteiger partial charge in [-0.05, 0) is 37.5 Å². The number of hydrogen-bond acceptors (Lipinski definition) is 3. The fourth-order valence-corrected chi connectivity index (χ4v) is 1.84. The molecule has 0 aromatic heterocycles. The van der Waals surface area contributed by atoms with Gasteiger partial charge in [0.05, 0.1) is 19.1 Å². The van der Waals surface area contributed by atoms with E-state index in [-0.39, 0.29) is 23.5 Å². The molecule has 112 valence electrons. The van der Waals surface area contributed by atoms with Crippen molar-refractivity contribution in [2.45, 2.75) is 40.0 Å². The van der Waals surface area contributed by atoms with Crippen molar-refractivity contribution in [3.8, 4) is 5.75 Å². The van der Waals surface area contributed by atoms with Crippen LogP contribution in [-0.2, 0) is 16.0 Å². The molecule has 0 aliphatic rings. The SMILES string of the molecule is CCCCOc1ccc(CC(C)C(=O)OCC)cc1F. The number of carbonyl (C=O) groups excluding carboxylic acids is 1. The molecule has 1 unspecified atom stereocenters. The second-order valence-corrected chi connectivity index (χ2v) is 4.82. The maximum Gasteiger partial charge on any atom is 0.308 e. The van der Waals surface area contributed by atoms with E-state index >= 15 is 0 Å². The highest BCUT2D eigenvalue weighted by atomic mass is 19.1. The van der Waals surface area contributed by atoms with Gasteiger partial charge in [-0.2, -0.15) is 0 Å². The average molecular weight is 282 g/mol. The Balaban J connectivity index is 2.60. The molecule has 1 atom stereocenters. The number of hydrogen-bond donors (Lipinski definition) is 0. The van der Waals surface area contributed by atoms with Gasteiger partial charge in [-0.15, -0.1) is 0 Å². The van der Waals surface area contributed by atoms with Crippen LogP contribution in [0.1, 0.15) is 39.2 Å². The Morgan fingerprint density at radius 1 is 1.35 bits per heavy atom. The minimum Gasteiger partial charge on any atom is -0.491 e. The van der Waals surface area contributed by atoms with Gasteiger partial charge in [-0.25, -0.2) is 4.39 Å². The van der Waals surface area contributed by atoms with Gasteiger partial charge in [0.25, 0.3) is 0 Å². The van der Waals surface area contributed by atoms with Crippen LogP contribution in [0.5, 0.6) is 5.75 Å². The van der Waals surface area contributed by atoms with E-state index in [9.17, 15) is 9.18 Å². The zero-order valence-electron chi connectivity index (χ0n) is 12.4. The Kier molecular flexibility index (Phi) is 7.05. The minimum atomic E-state index is -0.380. The quantitative estimate of drug-likeness (QED) is 0.538. The summed E-state index contributed by atoms with van der Waals surface area (Å²) >= 11 is 0. The monoisotopic (exact) mass is 282 g/mol. The van der Waals surface area contributed by atoms with Gasteiger partial charge in [-0.3, -0.25) is 4.79 Å². The first-order valence-corrected chi connectivity index (χ1v) is 7.16. The van der Waals surface area contributed by atoms with E-state index in [1.54, 1.807) is 26.0 Å². The molecule has 4 heteroatoms. The third-order valence-corrected chi connectivity index (χ3v) is 2.98. The standard InChI is InChI=1S/C16H23FO3/c1-4-6-9-20-15-8-7-13(11-14(15)17)10-12(3)16(18)19-5-2/h7-8,11-12H,4-6,9-10H2,1-3H3. The largest absolute Gasteiger partial charge is 0.491 e. The molecule has 0 aliphatic carbocycles. The average Bonchev–Trinajstić information content (AvgIpc) is 2.41. The lowest BCUT2D eigenvalue weighted by molar-refractivity contribution is -0.147. The number of halogens is 1. The van der Waals surface area contributed by atoms with Crippen LogP contribution in [0.4, 0.5) is 4.39 Å². The summed E-state index contributed by atoms with van der Waals surface area (Å²) < 4.78 is 24.1. The molecular formula is C16H23FO3. The van der Waals surface area contributed by atoms with E-state index in [4.69, 9.17) is 9.47 Å². The summed E-state index contributed by atoms with van der Waals surface area (Å²) in [4.78, 5) is 11.5. The molecule has 0 fully saturated rings. The highest BCUT2D eigenvalue weighted by Gasteiger charge is 2.15. The number of ether oxygens (including phenoxy) is 2. The molecule has 0 heterocycles. The van der Waals surface area contributed by atoms with Crippen molar-refractivity contribution in [1.29, 1.82) is 0 Å². The third kappa shape index (κ3) is 5.19. The van der Waals surface area contributed by atoms with Crippen LogP contribution in [0.2, 0.25) is 0 Å². The molecule has 0 aliphatic heterocycles. The van der Waals surface area contributed by atoms with Gasteiger partial charge in [-0.1, -0.05) is 26.3 Å². The summed E-state index contributed by atoms with van der Waals surface area (Å²) in [5.41, 5.74) is 0.769. The van der Waals surface area contributed by atoms with Gasteiger partial charge in [0.1, 0.15) is 0 Å². The lowest BCUT2D eigenvalue weighted by Gasteiger charge is -2.12. The molecule has 0 N–H and O–H groups in total. The Morgan fingerprint density at radius 2 is 2.10 bits per heavy atom. The highest BCUT2D eigenvalue weighted by Crippen LogP contribution is 2.20. The first-order valence-electron chi connectivity index (χ1n) is 7.16. The van der Waals surface area contributed by atoms with Crippen LogP contribution in [-0.4, -0.2) is 19.2 Å². The predicted octanol–water partition coefficient (Wildman–Crippen LogP) is 3.75. The van der Waals surface area contributed by atoms with Gasteiger partial charge in [0, 0.05) is 0 Å². The fraction of sp³-hybridized carbons (Fsp3) is 0.562. The van der Waals surface area contributed by atoms with E-state index in [1.165, 1.54) is 6.07 Å². The molecule has 0 amide bonds. The summed E-state index contributed by atoms with van der Waals surface area (Å²) in [5.74, 6) is -0.641. The maximum absolute atomic E-state index is 13.8. The lowest BCUT2D eigenvalue weighted by Crippen LogP contribution is -2.17. The van der Waals surface area contributed by atoms with E-state index < -0.39 is 0 Å². The molecule has 20 heavy (non-hydrogen) atoms. The molecule has 1 aromatic rings. The van der Waals surface area contributed by atoms with E-state index in [0.717, 1.165) is 18.4 Å². The Labute approximate surface area is 120 Å². The summed E-state index contributed by atoms with van der Waals surface area (Å²) in [7, 11) is 0. The van der Waals surface area contributed by atoms with E-state index in [0.29, 0.717) is 19.6 Å². The molecular weight excluding hydrogens is 259 g/mol. The summed E-state index contributed by atoms with van der Waals surface area (Å²) in [5, 5.41) is 0. The van der Waals surface area contributed by atoms with Crippen LogP contribution >= 0.6 is 0 Å². The highest BCUT2D eigenvalue weighted by molar-refractivity contribution is 5.72. The van der Waals surface area contributed by atoms with Crippen LogP contribution in [0.15, 0.2) is 18.2 Å². The number of rotatable bonds is 8. The molecule has 0 bridgehead atoms. The zero-order chi connectivity index (χ0) is 15.0. The Hall–Kier alpha value is -1.58.